The lowest BCUT2D eigenvalue weighted by atomic mass is 9.90. The van der Waals surface area contributed by atoms with Gasteiger partial charge < -0.3 is 19.9 Å². The summed E-state index contributed by atoms with van der Waals surface area (Å²) in [6.07, 6.45) is 2.31. The van der Waals surface area contributed by atoms with E-state index >= 15 is 0 Å². The Hall–Kier alpha value is -2.08. The second kappa shape index (κ2) is 8.85. The largest absolute Gasteiger partial charge is 0.493 e. The van der Waals surface area contributed by atoms with Gasteiger partial charge in [-0.05, 0) is 43.9 Å². The van der Waals surface area contributed by atoms with Gasteiger partial charge in [-0.1, -0.05) is 12.1 Å². The molecule has 2 rings (SSSR count). The van der Waals surface area contributed by atoms with Crippen molar-refractivity contribution in [2.24, 2.45) is 0 Å². The molecule has 0 unspecified atom stereocenters. The summed E-state index contributed by atoms with van der Waals surface area (Å²) < 4.78 is 11.0. The van der Waals surface area contributed by atoms with Gasteiger partial charge in [-0.3, -0.25) is 4.79 Å². The molecule has 2 N–H and O–H groups in total. The van der Waals surface area contributed by atoms with Gasteiger partial charge in [-0.2, -0.15) is 0 Å². The minimum atomic E-state index is -1.18. The van der Waals surface area contributed by atoms with Gasteiger partial charge in [-0.15, -0.1) is 0 Å². The lowest BCUT2D eigenvalue weighted by molar-refractivity contribution is -0.152. The monoisotopic (exact) mass is 349 g/mol. The number of carboxylic acid groups (broad SMARTS) is 1. The SMILES string of the molecule is Cc1ccc(C)c(OCCCCC(=O)NC2(C(=O)O)CCOCC2)c1. The van der Waals surface area contributed by atoms with Gasteiger partial charge in [0.05, 0.1) is 6.61 Å². The number of aryl methyl sites for hydroxylation is 2. The fourth-order valence-electron chi connectivity index (χ4n) is 2.87. The summed E-state index contributed by atoms with van der Waals surface area (Å²) in [5.74, 6) is -0.338. The molecule has 1 aliphatic heterocycles. The summed E-state index contributed by atoms with van der Waals surface area (Å²) in [5.41, 5.74) is 1.06. The van der Waals surface area contributed by atoms with Crippen molar-refractivity contribution in [3.05, 3.63) is 29.3 Å². The third-order valence-corrected chi connectivity index (χ3v) is 4.53. The van der Waals surface area contributed by atoms with Crippen molar-refractivity contribution in [1.82, 2.24) is 5.32 Å². The Morgan fingerprint density at radius 1 is 1.24 bits per heavy atom. The van der Waals surface area contributed by atoms with Gasteiger partial charge in [0.1, 0.15) is 11.3 Å². The second-order valence-corrected chi connectivity index (χ2v) is 6.62. The van der Waals surface area contributed by atoms with Crippen LogP contribution in [0.25, 0.3) is 0 Å². The van der Waals surface area contributed by atoms with E-state index in [-0.39, 0.29) is 5.91 Å². The number of nitrogens with one attached hydrogen (secondary N) is 1. The first-order chi connectivity index (χ1) is 11.9. The van der Waals surface area contributed by atoms with Gasteiger partial charge in [-0.25, -0.2) is 4.79 Å². The van der Waals surface area contributed by atoms with Crippen LogP contribution in [0.15, 0.2) is 18.2 Å². The number of carbonyl (C=O) groups is 2. The predicted molar refractivity (Wildman–Crippen MR) is 93.8 cm³/mol. The molecule has 0 radical (unpaired) electrons. The summed E-state index contributed by atoms with van der Waals surface area (Å²) in [6, 6.07) is 6.07. The highest BCUT2D eigenvalue weighted by molar-refractivity contribution is 5.87. The zero-order valence-electron chi connectivity index (χ0n) is 15.0. The summed E-state index contributed by atoms with van der Waals surface area (Å²) in [6.45, 7) is 5.27. The Morgan fingerprint density at radius 3 is 2.64 bits per heavy atom. The van der Waals surface area contributed by atoms with Crippen LogP contribution in [-0.4, -0.2) is 42.3 Å². The van der Waals surface area contributed by atoms with E-state index in [0.717, 1.165) is 23.3 Å². The van der Waals surface area contributed by atoms with E-state index in [0.29, 0.717) is 45.5 Å². The van der Waals surface area contributed by atoms with E-state index in [9.17, 15) is 14.7 Å². The van der Waals surface area contributed by atoms with Crippen LogP contribution in [0.4, 0.5) is 0 Å². The van der Waals surface area contributed by atoms with Crippen LogP contribution in [0.3, 0.4) is 0 Å². The van der Waals surface area contributed by atoms with Crippen LogP contribution < -0.4 is 10.1 Å². The molecule has 0 bridgehead atoms. The third-order valence-electron chi connectivity index (χ3n) is 4.53. The number of hydrogen-bond acceptors (Lipinski definition) is 4. The number of aliphatic carboxylic acids is 1. The number of benzene rings is 1. The van der Waals surface area contributed by atoms with Crippen molar-refractivity contribution in [1.29, 1.82) is 0 Å². The van der Waals surface area contributed by atoms with Crippen LogP contribution in [0.1, 0.15) is 43.2 Å². The second-order valence-electron chi connectivity index (χ2n) is 6.62. The molecule has 138 valence electrons. The number of unbranched alkanes of at least 4 members (excludes halogenated alkanes) is 1. The van der Waals surface area contributed by atoms with Gasteiger partial charge in [0.15, 0.2) is 0 Å². The average Bonchev–Trinajstić information content (AvgIpc) is 2.58. The standard InChI is InChI=1S/C19H27NO5/c1-14-6-7-15(2)16(13-14)25-10-4-3-5-17(21)20-19(18(22)23)8-11-24-12-9-19/h6-7,13H,3-5,8-12H2,1-2H3,(H,20,21)(H,22,23). The first kappa shape index (κ1) is 19.2. The molecule has 1 heterocycles. The number of ether oxygens (including phenoxy) is 2. The molecule has 1 amide bonds. The van der Waals surface area contributed by atoms with E-state index in [4.69, 9.17) is 9.47 Å². The molecular formula is C19H27NO5. The zero-order valence-corrected chi connectivity index (χ0v) is 15.0. The zero-order chi connectivity index (χ0) is 18.3. The molecule has 0 spiro atoms. The van der Waals surface area contributed by atoms with Crippen LogP contribution in [0.5, 0.6) is 5.75 Å². The van der Waals surface area contributed by atoms with E-state index in [1.165, 1.54) is 0 Å². The summed E-state index contributed by atoms with van der Waals surface area (Å²) >= 11 is 0. The van der Waals surface area contributed by atoms with Gasteiger partial charge >= 0.3 is 5.97 Å². The molecule has 6 nitrogen and oxygen atoms in total. The van der Waals surface area contributed by atoms with Gasteiger partial charge in [0, 0.05) is 32.5 Å². The number of carbonyl (C=O) groups excluding carboxylic acids is 1. The maximum Gasteiger partial charge on any atom is 0.329 e. The maximum atomic E-state index is 12.1. The minimum Gasteiger partial charge on any atom is -0.493 e. The van der Waals surface area contributed by atoms with Crippen molar-refractivity contribution >= 4 is 11.9 Å². The number of carboxylic acids is 1. The van der Waals surface area contributed by atoms with E-state index < -0.39 is 11.5 Å². The Balaban J connectivity index is 1.71. The van der Waals surface area contributed by atoms with Crippen LogP contribution in [0, 0.1) is 13.8 Å². The predicted octanol–water partition coefficient (Wildman–Crippen LogP) is 2.60. The molecular weight excluding hydrogens is 322 g/mol. The first-order valence-corrected chi connectivity index (χ1v) is 8.75. The highest BCUT2D eigenvalue weighted by Gasteiger charge is 2.41. The normalized spacial score (nSPS) is 16.2. The molecule has 1 aromatic carbocycles. The maximum absolute atomic E-state index is 12.1. The Kier molecular flexibility index (Phi) is 6.82. The van der Waals surface area contributed by atoms with Crippen molar-refractivity contribution in [2.75, 3.05) is 19.8 Å². The third kappa shape index (κ3) is 5.46. The van der Waals surface area contributed by atoms with Crippen molar-refractivity contribution in [3.63, 3.8) is 0 Å². The Labute approximate surface area is 148 Å². The molecule has 6 heteroatoms. The molecule has 1 aliphatic rings. The average molecular weight is 349 g/mol. The first-order valence-electron chi connectivity index (χ1n) is 8.75. The smallest absolute Gasteiger partial charge is 0.329 e. The molecule has 25 heavy (non-hydrogen) atoms. The van der Waals surface area contributed by atoms with E-state index in [1.807, 2.05) is 32.0 Å². The highest BCUT2D eigenvalue weighted by atomic mass is 16.5. The minimum absolute atomic E-state index is 0.226. The summed E-state index contributed by atoms with van der Waals surface area (Å²) in [7, 11) is 0. The molecule has 0 saturated carbocycles. The number of rotatable bonds is 8. The highest BCUT2D eigenvalue weighted by Crippen LogP contribution is 2.22. The van der Waals surface area contributed by atoms with Crippen molar-refractivity contribution < 1.29 is 24.2 Å². The molecule has 0 aromatic heterocycles. The fourth-order valence-corrected chi connectivity index (χ4v) is 2.87. The molecule has 1 fully saturated rings. The lowest BCUT2D eigenvalue weighted by Gasteiger charge is -2.33. The van der Waals surface area contributed by atoms with Crippen LogP contribution in [-0.2, 0) is 14.3 Å². The quantitative estimate of drug-likeness (QED) is 0.705. The van der Waals surface area contributed by atoms with Gasteiger partial charge in [0.25, 0.3) is 0 Å². The summed E-state index contributed by atoms with van der Waals surface area (Å²) in [5, 5.41) is 12.1. The molecule has 1 aromatic rings. The molecule has 0 aliphatic carbocycles. The number of hydrogen-bond donors (Lipinski definition) is 2. The topological polar surface area (TPSA) is 84.9 Å². The summed E-state index contributed by atoms with van der Waals surface area (Å²) in [4.78, 5) is 23.6. The van der Waals surface area contributed by atoms with Crippen LogP contribution in [0.2, 0.25) is 0 Å². The number of amides is 1. The molecule has 1 saturated heterocycles. The van der Waals surface area contributed by atoms with Crippen LogP contribution >= 0.6 is 0 Å². The molecule has 0 atom stereocenters. The lowest BCUT2D eigenvalue weighted by Crippen LogP contribution is -2.57. The van der Waals surface area contributed by atoms with E-state index in [2.05, 4.69) is 5.32 Å². The van der Waals surface area contributed by atoms with E-state index in [1.54, 1.807) is 0 Å². The van der Waals surface area contributed by atoms with Gasteiger partial charge in [0.2, 0.25) is 5.91 Å². The fraction of sp³-hybridized carbons (Fsp3) is 0.579. The van der Waals surface area contributed by atoms with Crippen molar-refractivity contribution in [2.45, 2.75) is 51.5 Å². The Bertz CT molecular complexity index is 608. The Morgan fingerprint density at radius 2 is 1.96 bits per heavy atom. The van der Waals surface area contributed by atoms with Crippen molar-refractivity contribution in [3.8, 4) is 5.75 Å².